The van der Waals surface area contributed by atoms with Crippen LogP contribution in [0.1, 0.15) is 10.4 Å². The number of para-hydroxylation sites is 1. The molecule has 11 nitrogen and oxygen atoms in total. The fraction of sp³-hybridized carbons (Fsp3) is 0.185. The lowest BCUT2D eigenvalue weighted by atomic mass is 10.1. The molecule has 4 aromatic rings. The molecule has 13 heteroatoms. The zero-order valence-electron chi connectivity index (χ0n) is 21.0. The summed E-state index contributed by atoms with van der Waals surface area (Å²) in [6.07, 6.45) is 0. The van der Waals surface area contributed by atoms with Crippen LogP contribution >= 0.6 is 27.7 Å². The molecule has 1 saturated heterocycles. The van der Waals surface area contributed by atoms with Crippen LogP contribution in [0.3, 0.4) is 0 Å². The fourth-order valence-corrected chi connectivity index (χ4v) is 5.20. The molecule has 1 aliphatic heterocycles. The number of nitro benzene ring substituents is 1. The van der Waals surface area contributed by atoms with Gasteiger partial charge in [-0.3, -0.25) is 19.7 Å². The average molecular weight is 623 g/mol. The van der Waals surface area contributed by atoms with Crippen LogP contribution in [-0.2, 0) is 4.79 Å². The van der Waals surface area contributed by atoms with Gasteiger partial charge in [0.25, 0.3) is 22.7 Å². The normalized spacial score (nSPS) is 13.2. The van der Waals surface area contributed by atoms with Crippen molar-refractivity contribution in [1.29, 1.82) is 0 Å². The quantitative estimate of drug-likeness (QED) is 0.162. The zero-order chi connectivity index (χ0) is 28.1. The Hall–Kier alpha value is -4.23. The third-order valence-corrected chi connectivity index (χ3v) is 7.53. The van der Waals surface area contributed by atoms with Crippen LogP contribution < -0.4 is 10.2 Å². The summed E-state index contributed by atoms with van der Waals surface area (Å²) < 4.78 is 6.40. The minimum Gasteiger partial charge on any atom is -0.411 e. The van der Waals surface area contributed by atoms with Gasteiger partial charge in [0, 0.05) is 53.7 Å². The lowest BCUT2D eigenvalue weighted by Crippen LogP contribution is -2.48. The van der Waals surface area contributed by atoms with Crippen LogP contribution in [0.4, 0.5) is 17.1 Å². The van der Waals surface area contributed by atoms with Crippen molar-refractivity contribution in [3.63, 3.8) is 0 Å². The Balaban J connectivity index is 1.10. The molecule has 1 N–H and O–H groups in total. The van der Waals surface area contributed by atoms with E-state index in [2.05, 4.69) is 36.3 Å². The Kier molecular flexibility index (Phi) is 8.41. The van der Waals surface area contributed by atoms with Gasteiger partial charge in [-0.25, -0.2) is 0 Å². The van der Waals surface area contributed by atoms with Crippen molar-refractivity contribution in [2.75, 3.05) is 42.1 Å². The summed E-state index contributed by atoms with van der Waals surface area (Å²) in [5.74, 6) is -0.198. The topological polar surface area (TPSA) is 135 Å². The first kappa shape index (κ1) is 27.3. The summed E-state index contributed by atoms with van der Waals surface area (Å²) in [7, 11) is 0. The van der Waals surface area contributed by atoms with E-state index in [1.54, 1.807) is 12.1 Å². The molecule has 5 rings (SSSR count). The molecule has 0 unspecified atom stereocenters. The van der Waals surface area contributed by atoms with Crippen molar-refractivity contribution < 1.29 is 18.9 Å². The highest BCUT2D eigenvalue weighted by molar-refractivity contribution is 9.10. The van der Waals surface area contributed by atoms with Gasteiger partial charge in [-0.05, 0) is 48.5 Å². The zero-order valence-corrected chi connectivity index (χ0v) is 23.4. The summed E-state index contributed by atoms with van der Waals surface area (Å²) in [4.78, 5) is 40.0. The Morgan fingerprint density at radius 1 is 1.00 bits per heavy atom. The Morgan fingerprint density at radius 3 is 2.48 bits per heavy atom. The highest BCUT2D eigenvalue weighted by atomic mass is 79.9. The molecular formula is C27H23BrN6O5S. The van der Waals surface area contributed by atoms with E-state index in [-0.39, 0.29) is 39.9 Å². The molecule has 3 aromatic carbocycles. The number of aromatic nitrogens is 2. The molecule has 1 fully saturated rings. The van der Waals surface area contributed by atoms with Gasteiger partial charge in [0.05, 0.1) is 10.7 Å². The predicted molar refractivity (Wildman–Crippen MR) is 154 cm³/mol. The number of hydrogen-bond donors (Lipinski definition) is 1. The molecule has 0 atom stereocenters. The number of nitrogens with zero attached hydrogens (tertiary/aromatic N) is 5. The van der Waals surface area contributed by atoms with E-state index in [1.807, 2.05) is 53.4 Å². The molecule has 0 spiro atoms. The maximum Gasteiger partial charge on any atom is 0.282 e. The highest BCUT2D eigenvalue weighted by Gasteiger charge is 2.23. The van der Waals surface area contributed by atoms with E-state index < -0.39 is 4.92 Å². The minimum atomic E-state index is -0.517. The maximum absolute atomic E-state index is 12.8. The number of piperazine rings is 1. The van der Waals surface area contributed by atoms with Crippen molar-refractivity contribution in [3.8, 4) is 11.5 Å². The molecule has 0 bridgehead atoms. The summed E-state index contributed by atoms with van der Waals surface area (Å²) in [6, 6.07) is 21.0. The number of nitrogens with one attached hydrogen (secondary N) is 1. The van der Waals surface area contributed by atoms with E-state index in [4.69, 9.17) is 4.42 Å². The number of carbonyl (C=O) groups is 2. The van der Waals surface area contributed by atoms with Crippen molar-refractivity contribution in [1.82, 2.24) is 15.1 Å². The molecule has 2 amide bonds. The van der Waals surface area contributed by atoms with Gasteiger partial charge in [-0.15, -0.1) is 10.2 Å². The standard InChI is InChI=1S/C27H23BrN6O5S/c28-19-5-3-4-18(16-19)26(36)33-14-12-32(13-15-33)21-10-8-20(9-11-21)29-24(35)17-40-27-31-30-25(39-27)22-6-1-2-7-23(22)34(37)38/h1-11,16H,12-15,17H2,(H,29,35). The number of halogens is 1. The Morgan fingerprint density at radius 2 is 1.75 bits per heavy atom. The number of hydrogen-bond acceptors (Lipinski definition) is 9. The second kappa shape index (κ2) is 12.3. The van der Waals surface area contributed by atoms with Crippen LogP contribution in [-0.4, -0.2) is 63.8 Å². The molecular weight excluding hydrogens is 600 g/mol. The first-order valence-electron chi connectivity index (χ1n) is 12.3. The minimum absolute atomic E-state index is 0.0177. The van der Waals surface area contributed by atoms with E-state index in [0.29, 0.717) is 37.4 Å². The van der Waals surface area contributed by atoms with Crippen molar-refractivity contribution >= 4 is 56.6 Å². The molecule has 2 heterocycles. The fourth-order valence-electron chi connectivity index (χ4n) is 4.24. The second-order valence-corrected chi connectivity index (χ2v) is 10.7. The van der Waals surface area contributed by atoms with E-state index in [9.17, 15) is 19.7 Å². The molecule has 0 aliphatic carbocycles. The van der Waals surface area contributed by atoms with E-state index in [0.717, 1.165) is 21.9 Å². The van der Waals surface area contributed by atoms with Crippen LogP contribution in [0.15, 0.2) is 86.9 Å². The average Bonchev–Trinajstić information content (AvgIpc) is 3.45. The third kappa shape index (κ3) is 6.49. The molecule has 1 aliphatic rings. The maximum atomic E-state index is 12.8. The van der Waals surface area contributed by atoms with Crippen LogP contribution in [0, 0.1) is 10.1 Å². The number of nitro groups is 1. The van der Waals surface area contributed by atoms with Gasteiger partial charge >= 0.3 is 0 Å². The SMILES string of the molecule is O=C(CSc1nnc(-c2ccccc2[N+](=O)[O-])o1)Nc1ccc(N2CCN(C(=O)c3cccc(Br)c3)CC2)cc1. The van der Waals surface area contributed by atoms with Crippen molar-refractivity contribution in [2.24, 2.45) is 0 Å². The number of carbonyl (C=O) groups excluding carboxylic acids is 2. The molecule has 1 aromatic heterocycles. The van der Waals surface area contributed by atoms with Crippen molar-refractivity contribution in [3.05, 3.63) is 92.9 Å². The van der Waals surface area contributed by atoms with Crippen LogP contribution in [0.25, 0.3) is 11.5 Å². The van der Waals surface area contributed by atoms with Gasteiger partial charge in [-0.2, -0.15) is 0 Å². The highest BCUT2D eigenvalue weighted by Crippen LogP contribution is 2.30. The van der Waals surface area contributed by atoms with Crippen LogP contribution in [0.5, 0.6) is 0 Å². The lowest BCUT2D eigenvalue weighted by molar-refractivity contribution is -0.384. The third-order valence-electron chi connectivity index (χ3n) is 6.22. The first-order chi connectivity index (χ1) is 19.4. The molecule has 40 heavy (non-hydrogen) atoms. The largest absolute Gasteiger partial charge is 0.411 e. The molecule has 204 valence electrons. The first-order valence-corrected chi connectivity index (χ1v) is 14.0. The van der Waals surface area contributed by atoms with Gasteiger partial charge in [-0.1, -0.05) is 45.9 Å². The monoisotopic (exact) mass is 622 g/mol. The number of benzene rings is 3. The van der Waals surface area contributed by atoms with Crippen LogP contribution in [0.2, 0.25) is 0 Å². The number of rotatable bonds is 8. The van der Waals surface area contributed by atoms with Gasteiger partial charge in [0.2, 0.25) is 5.91 Å². The van der Waals surface area contributed by atoms with E-state index >= 15 is 0 Å². The second-order valence-electron chi connectivity index (χ2n) is 8.82. The van der Waals surface area contributed by atoms with Gasteiger partial charge in [0.1, 0.15) is 5.56 Å². The molecule has 0 radical (unpaired) electrons. The molecule has 0 saturated carbocycles. The number of amides is 2. The summed E-state index contributed by atoms with van der Waals surface area (Å²) in [5, 5.41) is 22.0. The predicted octanol–water partition coefficient (Wildman–Crippen LogP) is 5.10. The van der Waals surface area contributed by atoms with Gasteiger partial charge < -0.3 is 19.5 Å². The number of anilines is 2. The summed E-state index contributed by atoms with van der Waals surface area (Å²) in [5.41, 5.74) is 2.40. The van der Waals surface area contributed by atoms with Crippen molar-refractivity contribution in [2.45, 2.75) is 5.22 Å². The Bertz CT molecular complexity index is 1540. The summed E-state index contributed by atoms with van der Waals surface area (Å²) >= 11 is 4.45. The number of thioether (sulfide) groups is 1. The smallest absolute Gasteiger partial charge is 0.282 e. The summed E-state index contributed by atoms with van der Waals surface area (Å²) in [6.45, 7) is 2.66. The lowest BCUT2D eigenvalue weighted by Gasteiger charge is -2.36. The van der Waals surface area contributed by atoms with E-state index in [1.165, 1.54) is 12.1 Å². The van der Waals surface area contributed by atoms with Gasteiger partial charge in [0.15, 0.2) is 0 Å². The Labute approximate surface area is 241 Å².